The van der Waals surface area contributed by atoms with Crippen LogP contribution in [0.5, 0.6) is 5.75 Å². The fraction of sp³-hybridized carbons (Fsp3) is 0.553. The predicted octanol–water partition coefficient (Wildman–Crippen LogP) is -1.70. The topological polar surface area (TPSA) is 350 Å². The Kier molecular flexibility index (Phi) is 20.5. The molecule has 21 nitrogen and oxygen atoms in total. The standard InChI is InChI=1S/C38H58N10O11/c1-20(2)15-26(40)34(54)43-21(3)32(52)45-27(12-13-31(50)51)35(55)47-29(16-23-8-10-25(49)11-9-23)37(57)48-30(17-24-18-41-19-42-24)36(56)44-22(4)33(53)46-28(38(58)59)7-5-6-14-39/h8-11,18-22,26-30,49H,5-7,12-17,39-40H2,1-4H3,(H,41,42)(H,43,54)(H,44,56)(H,45,52)(H,46,53)(H,47,55)(H,48,57)(H,50,51)(H,58,59)/t21-,22-,26-,27-,28-,29-,30-/m0/s1. The molecule has 14 N–H and O–H groups in total. The van der Waals surface area contributed by atoms with Crippen molar-refractivity contribution in [3.63, 3.8) is 0 Å². The van der Waals surface area contributed by atoms with E-state index in [1.165, 1.54) is 50.6 Å². The Labute approximate surface area is 341 Å². The number of hydrogen-bond acceptors (Lipinski definition) is 12. The molecule has 326 valence electrons. The number of phenols is 1. The van der Waals surface area contributed by atoms with Gasteiger partial charge in [-0.2, -0.15) is 0 Å². The summed E-state index contributed by atoms with van der Waals surface area (Å²) >= 11 is 0. The first-order valence-electron chi connectivity index (χ1n) is 19.3. The van der Waals surface area contributed by atoms with E-state index in [4.69, 9.17) is 11.5 Å². The average molecular weight is 831 g/mol. The molecule has 7 atom stereocenters. The number of H-pyrrole nitrogens is 1. The van der Waals surface area contributed by atoms with Crippen LogP contribution in [0, 0.1) is 5.92 Å². The summed E-state index contributed by atoms with van der Waals surface area (Å²) in [6.07, 6.45) is 2.80. The van der Waals surface area contributed by atoms with Gasteiger partial charge in [-0.3, -0.25) is 33.6 Å². The van der Waals surface area contributed by atoms with E-state index in [0.29, 0.717) is 37.1 Å². The Balaban J connectivity index is 2.35. The molecular weight excluding hydrogens is 772 g/mol. The second-order valence-corrected chi connectivity index (χ2v) is 14.6. The summed E-state index contributed by atoms with van der Waals surface area (Å²) in [5, 5.41) is 43.7. The largest absolute Gasteiger partial charge is 0.508 e. The minimum atomic E-state index is -1.51. The third-order valence-corrected chi connectivity index (χ3v) is 9.03. The minimum Gasteiger partial charge on any atom is -0.508 e. The molecule has 0 bridgehead atoms. The van der Waals surface area contributed by atoms with E-state index in [0.717, 1.165) is 0 Å². The van der Waals surface area contributed by atoms with Gasteiger partial charge in [0.25, 0.3) is 0 Å². The van der Waals surface area contributed by atoms with Crippen LogP contribution in [-0.2, 0) is 51.2 Å². The van der Waals surface area contributed by atoms with Crippen LogP contribution >= 0.6 is 0 Å². The average Bonchev–Trinajstić information content (AvgIpc) is 3.68. The summed E-state index contributed by atoms with van der Waals surface area (Å²) in [7, 11) is 0. The summed E-state index contributed by atoms with van der Waals surface area (Å²) in [6.45, 7) is 6.76. The molecule has 0 saturated heterocycles. The zero-order chi connectivity index (χ0) is 44.2. The number of hydrogen-bond donors (Lipinski definition) is 12. The van der Waals surface area contributed by atoms with Gasteiger partial charge in [-0.1, -0.05) is 26.0 Å². The number of rotatable bonds is 26. The Morgan fingerprint density at radius 1 is 0.678 bits per heavy atom. The van der Waals surface area contributed by atoms with E-state index in [-0.39, 0.29) is 30.9 Å². The molecule has 59 heavy (non-hydrogen) atoms. The van der Waals surface area contributed by atoms with Gasteiger partial charge in [-0.25, -0.2) is 9.78 Å². The predicted molar refractivity (Wildman–Crippen MR) is 212 cm³/mol. The number of aliphatic carboxylic acids is 2. The molecule has 0 radical (unpaired) electrons. The monoisotopic (exact) mass is 830 g/mol. The molecule has 2 aromatic rings. The highest BCUT2D eigenvalue weighted by atomic mass is 16.4. The SMILES string of the molecule is CC(C)C[C@H](N)C(=O)N[C@@H](C)C(=O)N[C@@H](CCC(=O)O)C(=O)N[C@@H](Cc1ccc(O)cc1)C(=O)N[C@@H](Cc1cnc[nH]1)C(=O)N[C@@H](C)C(=O)N[C@@H](CCCCN)C(=O)O. The van der Waals surface area contributed by atoms with E-state index in [2.05, 4.69) is 41.9 Å². The van der Waals surface area contributed by atoms with Gasteiger partial charge in [-0.15, -0.1) is 0 Å². The lowest BCUT2D eigenvalue weighted by atomic mass is 10.0. The van der Waals surface area contributed by atoms with Crippen molar-refractivity contribution in [2.45, 2.75) is 121 Å². The molecule has 0 aliphatic carbocycles. The molecule has 0 fully saturated rings. The number of amides is 6. The number of carbonyl (C=O) groups is 8. The molecule has 1 aromatic carbocycles. The van der Waals surface area contributed by atoms with Crippen molar-refractivity contribution < 1.29 is 53.7 Å². The smallest absolute Gasteiger partial charge is 0.326 e. The molecule has 1 aromatic heterocycles. The van der Waals surface area contributed by atoms with Crippen molar-refractivity contribution in [2.75, 3.05) is 6.54 Å². The van der Waals surface area contributed by atoms with Crippen LogP contribution in [-0.4, -0.2) is 122 Å². The van der Waals surface area contributed by atoms with Gasteiger partial charge in [0.1, 0.15) is 42.0 Å². The zero-order valence-corrected chi connectivity index (χ0v) is 33.7. The number of nitrogens with zero attached hydrogens (tertiary/aromatic N) is 1. The first-order chi connectivity index (χ1) is 27.8. The second-order valence-electron chi connectivity index (χ2n) is 14.6. The van der Waals surface area contributed by atoms with Gasteiger partial charge >= 0.3 is 11.9 Å². The number of aromatic hydroxyl groups is 1. The summed E-state index contributed by atoms with van der Waals surface area (Å²) in [4.78, 5) is 110. The molecule has 6 amide bonds. The normalized spacial score (nSPS) is 14.6. The van der Waals surface area contributed by atoms with E-state index in [9.17, 15) is 53.7 Å². The summed E-state index contributed by atoms with van der Waals surface area (Å²) in [5.41, 5.74) is 12.3. The van der Waals surface area contributed by atoms with Crippen LogP contribution < -0.4 is 43.4 Å². The third kappa shape index (κ3) is 17.9. The molecule has 0 unspecified atom stereocenters. The van der Waals surface area contributed by atoms with Gasteiger partial charge in [0.05, 0.1) is 12.4 Å². The Morgan fingerprint density at radius 3 is 1.73 bits per heavy atom. The number of aromatic nitrogens is 2. The first kappa shape index (κ1) is 49.1. The highest BCUT2D eigenvalue weighted by Crippen LogP contribution is 2.13. The summed E-state index contributed by atoms with van der Waals surface area (Å²) in [5.74, 6) is -7.50. The van der Waals surface area contributed by atoms with Crippen molar-refractivity contribution in [3.05, 3.63) is 48.0 Å². The third-order valence-electron chi connectivity index (χ3n) is 9.03. The molecule has 0 aliphatic heterocycles. The summed E-state index contributed by atoms with van der Waals surface area (Å²) in [6, 6.07) is -3.31. The number of carboxylic acid groups (broad SMARTS) is 2. The molecule has 1 heterocycles. The number of imidazole rings is 1. The number of phenolic OH excluding ortho intramolecular Hbond substituents is 1. The highest BCUT2D eigenvalue weighted by molar-refractivity contribution is 5.97. The Hall–Kier alpha value is -6.09. The van der Waals surface area contributed by atoms with Gasteiger partial charge in [-0.05, 0) is 76.1 Å². The molecule has 2 rings (SSSR count). The van der Waals surface area contributed by atoms with Gasteiger partial charge < -0.3 is 63.7 Å². The fourth-order valence-corrected chi connectivity index (χ4v) is 5.71. The van der Waals surface area contributed by atoms with Crippen LogP contribution in [0.1, 0.15) is 77.5 Å². The van der Waals surface area contributed by atoms with Crippen LogP contribution in [0.4, 0.5) is 0 Å². The second kappa shape index (κ2) is 24.6. The summed E-state index contributed by atoms with van der Waals surface area (Å²) < 4.78 is 0. The molecule has 0 saturated carbocycles. The lowest BCUT2D eigenvalue weighted by Crippen LogP contribution is -2.60. The van der Waals surface area contributed by atoms with Gasteiger partial charge in [0.15, 0.2) is 0 Å². The van der Waals surface area contributed by atoms with Crippen molar-refractivity contribution in [1.82, 2.24) is 41.9 Å². The minimum absolute atomic E-state index is 0.0821. The lowest BCUT2D eigenvalue weighted by molar-refractivity contribution is -0.142. The number of aromatic amines is 1. The Morgan fingerprint density at radius 2 is 1.20 bits per heavy atom. The Bertz CT molecular complexity index is 1720. The van der Waals surface area contributed by atoms with Crippen LogP contribution in [0.3, 0.4) is 0 Å². The highest BCUT2D eigenvalue weighted by Gasteiger charge is 2.33. The van der Waals surface area contributed by atoms with Crippen molar-refractivity contribution in [1.29, 1.82) is 0 Å². The molecule has 21 heteroatoms. The maximum absolute atomic E-state index is 14.1. The number of carbonyl (C=O) groups excluding carboxylic acids is 6. The maximum Gasteiger partial charge on any atom is 0.326 e. The van der Waals surface area contributed by atoms with Crippen molar-refractivity contribution in [2.24, 2.45) is 17.4 Å². The maximum atomic E-state index is 14.1. The van der Waals surface area contributed by atoms with Gasteiger partial charge in [0, 0.05) is 31.2 Å². The van der Waals surface area contributed by atoms with Crippen molar-refractivity contribution in [3.8, 4) is 5.75 Å². The zero-order valence-electron chi connectivity index (χ0n) is 33.7. The van der Waals surface area contributed by atoms with Crippen LogP contribution in [0.25, 0.3) is 0 Å². The number of nitrogens with one attached hydrogen (secondary N) is 7. The number of carboxylic acids is 2. The van der Waals surface area contributed by atoms with E-state index >= 15 is 0 Å². The van der Waals surface area contributed by atoms with Crippen LogP contribution in [0.15, 0.2) is 36.8 Å². The number of unbranched alkanes of at least 4 members (excludes halogenated alkanes) is 1. The van der Waals surface area contributed by atoms with Crippen LogP contribution in [0.2, 0.25) is 0 Å². The quantitative estimate of drug-likeness (QED) is 0.0471. The van der Waals surface area contributed by atoms with Gasteiger partial charge in [0.2, 0.25) is 35.4 Å². The number of benzene rings is 1. The lowest BCUT2D eigenvalue weighted by Gasteiger charge is -2.27. The molecule has 0 spiro atoms. The molecule has 0 aliphatic rings. The molecular formula is C38H58N10O11. The van der Waals surface area contributed by atoms with E-state index in [1.807, 2.05) is 13.8 Å². The van der Waals surface area contributed by atoms with E-state index < -0.39 is 103 Å². The first-order valence-corrected chi connectivity index (χ1v) is 19.3. The van der Waals surface area contributed by atoms with Crippen molar-refractivity contribution >= 4 is 47.4 Å². The fourth-order valence-electron chi connectivity index (χ4n) is 5.71. The number of nitrogens with two attached hydrogens (primary N) is 2. The van der Waals surface area contributed by atoms with E-state index in [1.54, 1.807) is 0 Å².